The van der Waals surface area contributed by atoms with Crippen LogP contribution in [-0.4, -0.2) is 42.1 Å². The largest absolute Gasteiger partial charge is 0.467 e. The van der Waals surface area contributed by atoms with Gasteiger partial charge in [0.1, 0.15) is 18.7 Å². The lowest BCUT2D eigenvalue weighted by Crippen LogP contribution is -2.56. The Bertz CT molecular complexity index is 1480. The van der Waals surface area contributed by atoms with Gasteiger partial charge in [-0.15, -0.1) is 0 Å². The van der Waals surface area contributed by atoms with E-state index in [4.69, 9.17) is 9.47 Å². The molecule has 0 bridgehead atoms. The van der Waals surface area contributed by atoms with Crippen molar-refractivity contribution in [2.45, 2.75) is 38.1 Å². The molecule has 0 radical (unpaired) electrons. The van der Waals surface area contributed by atoms with Crippen molar-refractivity contribution in [1.29, 1.82) is 0 Å². The number of nitrogens with one attached hydrogen (secondary N) is 1. The molecule has 5 rings (SSSR count). The van der Waals surface area contributed by atoms with Gasteiger partial charge in [0.05, 0.1) is 13.7 Å². The van der Waals surface area contributed by atoms with Gasteiger partial charge in [0.15, 0.2) is 0 Å². The number of hydrogen-bond acceptors (Lipinski definition) is 5. The monoisotopic (exact) mass is 522 g/mol. The molecule has 0 unspecified atom stereocenters. The number of amides is 2. The van der Waals surface area contributed by atoms with Crippen LogP contribution in [0.25, 0.3) is 10.8 Å². The molecule has 0 aliphatic carbocycles. The lowest BCUT2D eigenvalue weighted by molar-refractivity contribution is -0.145. The van der Waals surface area contributed by atoms with E-state index in [1.54, 1.807) is 0 Å². The highest BCUT2D eigenvalue weighted by atomic mass is 16.6. The standard InChI is InChI=1S/C32H30N2O5/c1-38-31(36)28(18-25-16-9-15-23-12-7-8-17-27(23)25)33-30(35)29-19-24-13-5-6-14-26(24)20-34(29)32(37)39-21-22-10-3-2-4-11-22/h2-17,28-29H,18-21H2,1H3,(H,33,35)/t28-,29-/m0/s1. The number of hydrogen-bond donors (Lipinski definition) is 1. The molecule has 2 amide bonds. The molecule has 2 atom stereocenters. The molecule has 1 aliphatic heterocycles. The predicted octanol–water partition coefficient (Wildman–Crippen LogP) is 4.80. The van der Waals surface area contributed by atoms with Crippen LogP contribution in [0.2, 0.25) is 0 Å². The van der Waals surface area contributed by atoms with Gasteiger partial charge in [0.2, 0.25) is 5.91 Å². The maximum absolute atomic E-state index is 13.7. The van der Waals surface area contributed by atoms with Gasteiger partial charge in [-0.1, -0.05) is 97.1 Å². The van der Waals surface area contributed by atoms with Crippen LogP contribution in [0.1, 0.15) is 22.3 Å². The minimum absolute atomic E-state index is 0.0953. The van der Waals surface area contributed by atoms with Crippen LogP contribution in [-0.2, 0) is 45.1 Å². The van der Waals surface area contributed by atoms with E-state index >= 15 is 0 Å². The molecule has 1 N–H and O–H groups in total. The summed E-state index contributed by atoms with van der Waals surface area (Å²) in [5, 5.41) is 4.92. The number of fused-ring (bicyclic) bond motifs is 2. The summed E-state index contributed by atoms with van der Waals surface area (Å²) >= 11 is 0. The van der Waals surface area contributed by atoms with E-state index in [2.05, 4.69) is 5.32 Å². The smallest absolute Gasteiger partial charge is 0.411 e. The van der Waals surface area contributed by atoms with Crippen LogP contribution in [0.3, 0.4) is 0 Å². The fraction of sp³-hybridized carbons (Fsp3) is 0.219. The molecule has 0 saturated carbocycles. The summed E-state index contributed by atoms with van der Waals surface area (Å²) in [6, 6.07) is 29.1. The number of carbonyl (C=O) groups excluding carboxylic acids is 3. The summed E-state index contributed by atoms with van der Waals surface area (Å²) in [5.74, 6) is -0.984. The summed E-state index contributed by atoms with van der Waals surface area (Å²) in [4.78, 5) is 41.2. The minimum Gasteiger partial charge on any atom is -0.467 e. The number of esters is 1. The lowest BCUT2D eigenvalue weighted by atomic mass is 9.93. The van der Waals surface area contributed by atoms with Crippen molar-refractivity contribution in [3.8, 4) is 0 Å². The van der Waals surface area contributed by atoms with Crippen molar-refractivity contribution in [2.75, 3.05) is 7.11 Å². The minimum atomic E-state index is -0.923. The van der Waals surface area contributed by atoms with E-state index in [1.165, 1.54) is 12.0 Å². The first-order chi connectivity index (χ1) is 19.0. The number of benzene rings is 4. The van der Waals surface area contributed by atoms with E-state index in [0.717, 1.165) is 33.0 Å². The fourth-order valence-electron chi connectivity index (χ4n) is 5.05. The summed E-state index contributed by atoms with van der Waals surface area (Å²) < 4.78 is 10.6. The van der Waals surface area contributed by atoms with Crippen LogP contribution in [0.5, 0.6) is 0 Å². The Kier molecular flexibility index (Phi) is 7.87. The normalized spacial score (nSPS) is 15.2. The predicted molar refractivity (Wildman–Crippen MR) is 148 cm³/mol. The Hall–Kier alpha value is -4.65. The topological polar surface area (TPSA) is 84.9 Å². The second-order valence-electron chi connectivity index (χ2n) is 9.58. The van der Waals surface area contributed by atoms with Crippen LogP contribution in [0.15, 0.2) is 97.1 Å². The van der Waals surface area contributed by atoms with Crippen LogP contribution in [0.4, 0.5) is 4.79 Å². The van der Waals surface area contributed by atoms with Gasteiger partial charge in [-0.3, -0.25) is 9.69 Å². The fourth-order valence-corrected chi connectivity index (χ4v) is 5.05. The van der Waals surface area contributed by atoms with E-state index in [-0.39, 0.29) is 19.6 Å². The molecule has 0 fully saturated rings. The molecule has 0 aromatic heterocycles. The van der Waals surface area contributed by atoms with Crippen LogP contribution < -0.4 is 5.32 Å². The van der Waals surface area contributed by atoms with Crippen molar-refractivity contribution >= 4 is 28.7 Å². The Balaban J connectivity index is 1.37. The van der Waals surface area contributed by atoms with E-state index in [1.807, 2.05) is 97.1 Å². The molecule has 198 valence electrons. The first kappa shape index (κ1) is 26.0. The van der Waals surface area contributed by atoms with E-state index < -0.39 is 30.1 Å². The zero-order chi connectivity index (χ0) is 27.2. The van der Waals surface area contributed by atoms with Crippen molar-refractivity contribution in [3.63, 3.8) is 0 Å². The Morgan fingerprint density at radius 1 is 0.872 bits per heavy atom. The van der Waals surface area contributed by atoms with Gasteiger partial charge in [0, 0.05) is 12.8 Å². The molecule has 4 aromatic rings. The van der Waals surface area contributed by atoms with Gasteiger partial charge >= 0.3 is 12.1 Å². The molecule has 1 aliphatic rings. The molecule has 39 heavy (non-hydrogen) atoms. The first-order valence-corrected chi connectivity index (χ1v) is 12.9. The van der Waals surface area contributed by atoms with Crippen LogP contribution >= 0.6 is 0 Å². The summed E-state index contributed by atoms with van der Waals surface area (Å²) in [6.45, 7) is 0.326. The molecular weight excluding hydrogens is 492 g/mol. The third-order valence-electron chi connectivity index (χ3n) is 7.10. The summed E-state index contributed by atoms with van der Waals surface area (Å²) in [6.07, 6.45) is -0.0243. The Labute approximate surface area is 227 Å². The molecule has 0 saturated heterocycles. The average molecular weight is 523 g/mol. The van der Waals surface area contributed by atoms with Crippen molar-refractivity contribution < 1.29 is 23.9 Å². The van der Waals surface area contributed by atoms with Gasteiger partial charge in [-0.05, 0) is 33.0 Å². The third-order valence-corrected chi connectivity index (χ3v) is 7.10. The molecule has 7 nitrogen and oxygen atoms in total. The highest BCUT2D eigenvalue weighted by molar-refractivity contribution is 5.91. The van der Waals surface area contributed by atoms with Gasteiger partial charge in [-0.25, -0.2) is 9.59 Å². The lowest BCUT2D eigenvalue weighted by Gasteiger charge is -2.35. The van der Waals surface area contributed by atoms with Gasteiger partial charge in [-0.2, -0.15) is 0 Å². The number of rotatable bonds is 7. The maximum atomic E-state index is 13.7. The highest BCUT2D eigenvalue weighted by Crippen LogP contribution is 2.25. The SMILES string of the molecule is COC(=O)[C@H](Cc1cccc2ccccc12)NC(=O)[C@@H]1Cc2ccccc2CN1C(=O)OCc1ccccc1. The van der Waals surface area contributed by atoms with E-state index in [0.29, 0.717) is 6.42 Å². The molecular formula is C32H30N2O5. The Morgan fingerprint density at radius 3 is 2.36 bits per heavy atom. The molecule has 0 spiro atoms. The molecule has 7 heteroatoms. The average Bonchev–Trinajstić information content (AvgIpc) is 2.99. The van der Waals surface area contributed by atoms with Crippen molar-refractivity contribution in [2.24, 2.45) is 0 Å². The zero-order valence-corrected chi connectivity index (χ0v) is 21.7. The quantitative estimate of drug-likeness (QED) is 0.353. The van der Waals surface area contributed by atoms with Gasteiger partial charge < -0.3 is 14.8 Å². The van der Waals surface area contributed by atoms with Gasteiger partial charge in [0.25, 0.3) is 0 Å². The number of carbonyl (C=O) groups is 3. The molecule has 4 aromatic carbocycles. The second kappa shape index (κ2) is 11.8. The van der Waals surface area contributed by atoms with E-state index in [9.17, 15) is 14.4 Å². The number of ether oxygens (including phenoxy) is 2. The first-order valence-electron chi connectivity index (χ1n) is 12.9. The molecule has 1 heterocycles. The van der Waals surface area contributed by atoms with Crippen LogP contribution in [0, 0.1) is 0 Å². The highest BCUT2D eigenvalue weighted by Gasteiger charge is 2.37. The van der Waals surface area contributed by atoms with Crippen molar-refractivity contribution in [3.05, 3.63) is 119 Å². The van der Waals surface area contributed by atoms with Crippen molar-refractivity contribution in [1.82, 2.24) is 10.2 Å². The third kappa shape index (κ3) is 5.93. The summed E-state index contributed by atoms with van der Waals surface area (Å²) in [5.41, 5.74) is 3.70. The zero-order valence-electron chi connectivity index (χ0n) is 21.7. The number of nitrogens with zero attached hydrogens (tertiary/aromatic N) is 1. The Morgan fingerprint density at radius 2 is 1.56 bits per heavy atom. The maximum Gasteiger partial charge on any atom is 0.411 e. The second-order valence-corrected chi connectivity index (χ2v) is 9.58. The number of methoxy groups -OCH3 is 1. The summed E-state index contributed by atoms with van der Waals surface area (Å²) in [7, 11) is 1.30.